The zero-order valence-corrected chi connectivity index (χ0v) is 8.16. The molecule has 0 saturated carbocycles. The molecule has 7 nitrogen and oxygen atoms in total. The lowest BCUT2D eigenvalue weighted by Crippen LogP contribution is -2.04. The molecule has 0 aliphatic carbocycles. The summed E-state index contributed by atoms with van der Waals surface area (Å²) in [6.45, 7) is 0.487. The van der Waals surface area contributed by atoms with Gasteiger partial charge in [0.05, 0.1) is 25.5 Å². The van der Waals surface area contributed by atoms with Gasteiger partial charge in [0.15, 0.2) is 5.82 Å². The van der Waals surface area contributed by atoms with Gasteiger partial charge in [0.25, 0.3) is 0 Å². The van der Waals surface area contributed by atoms with Gasteiger partial charge in [0, 0.05) is 6.07 Å². The maximum Gasteiger partial charge on any atom is 0.233 e. The minimum Gasteiger partial charge on any atom is -0.480 e. The first-order valence-corrected chi connectivity index (χ1v) is 4.30. The van der Waals surface area contributed by atoms with Crippen LogP contribution < -0.4 is 10.5 Å². The van der Waals surface area contributed by atoms with Crippen LogP contribution >= 0.6 is 0 Å². The number of rotatable bonds is 3. The quantitative estimate of drug-likeness (QED) is 0.741. The van der Waals surface area contributed by atoms with Crippen LogP contribution in [0.15, 0.2) is 18.3 Å². The largest absolute Gasteiger partial charge is 0.480 e. The van der Waals surface area contributed by atoms with E-state index in [1.165, 1.54) is 0 Å². The van der Waals surface area contributed by atoms with E-state index in [2.05, 4.69) is 20.5 Å². The summed E-state index contributed by atoms with van der Waals surface area (Å²) in [5.41, 5.74) is 6.19. The van der Waals surface area contributed by atoms with Crippen LogP contribution in [-0.2, 0) is 6.54 Å². The Hall–Kier alpha value is -2.18. The molecule has 0 atom stereocenters. The molecule has 2 aromatic rings. The van der Waals surface area contributed by atoms with Crippen LogP contribution in [0.2, 0.25) is 0 Å². The maximum atomic E-state index is 5.43. The number of nitrogen functional groups attached to an aromatic ring is 1. The predicted octanol–water partition coefficient (Wildman–Crippen LogP) is -0.293. The lowest BCUT2D eigenvalue weighted by Gasteiger charge is -2.00. The van der Waals surface area contributed by atoms with Crippen molar-refractivity contribution >= 4 is 5.82 Å². The molecule has 0 radical (unpaired) electrons. The van der Waals surface area contributed by atoms with Crippen molar-refractivity contribution in [2.45, 2.75) is 6.54 Å². The van der Waals surface area contributed by atoms with Gasteiger partial charge in [-0.2, -0.15) is 0 Å². The number of aromatic nitrogens is 5. The second-order valence-electron chi connectivity index (χ2n) is 2.91. The Morgan fingerprint density at radius 3 is 2.73 bits per heavy atom. The number of hydrogen-bond acceptors (Lipinski definition) is 6. The Morgan fingerprint density at radius 1 is 1.33 bits per heavy atom. The summed E-state index contributed by atoms with van der Waals surface area (Å²) in [6.07, 6.45) is 1.63. The molecule has 0 aromatic carbocycles. The topological polar surface area (TPSA) is 91.7 Å². The Kier molecular flexibility index (Phi) is 2.44. The fourth-order valence-corrected chi connectivity index (χ4v) is 1.10. The minimum absolute atomic E-state index is 0.386. The zero-order chi connectivity index (χ0) is 10.7. The molecule has 7 heteroatoms. The zero-order valence-electron chi connectivity index (χ0n) is 8.16. The second kappa shape index (κ2) is 3.91. The lowest BCUT2D eigenvalue weighted by atomic mass is 10.4. The van der Waals surface area contributed by atoms with Crippen LogP contribution in [-0.4, -0.2) is 32.3 Å². The van der Waals surface area contributed by atoms with Crippen molar-refractivity contribution in [2.24, 2.45) is 0 Å². The van der Waals surface area contributed by atoms with E-state index in [9.17, 15) is 0 Å². The monoisotopic (exact) mass is 206 g/mol. The molecule has 2 rings (SSSR count). The minimum atomic E-state index is 0.386. The summed E-state index contributed by atoms with van der Waals surface area (Å²) in [5, 5.41) is 15.2. The molecular weight excluding hydrogens is 196 g/mol. The lowest BCUT2D eigenvalue weighted by molar-refractivity contribution is 0.390. The summed E-state index contributed by atoms with van der Waals surface area (Å²) in [5.74, 6) is 0.869. The fourth-order valence-electron chi connectivity index (χ4n) is 1.10. The van der Waals surface area contributed by atoms with E-state index < -0.39 is 0 Å². The van der Waals surface area contributed by atoms with Crippen molar-refractivity contribution in [1.29, 1.82) is 0 Å². The molecule has 0 unspecified atom stereocenters. The maximum absolute atomic E-state index is 5.43. The molecular formula is C8H10N6O. The van der Waals surface area contributed by atoms with E-state index in [1.54, 1.807) is 24.1 Å². The molecule has 0 saturated heterocycles. The van der Waals surface area contributed by atoms with E-state index in [0.717, 1.165) is 5.69 Å². The fraction of sp³-hybridized carbons (Fsp3) is 0.250. The average molecular weight is 206 g/mol. The molecule has 2 aromatic heterocycles. The molecule has 0 aliphatic heterocycles. The number of nitrogens with two attached hydrogens (primary N) is 1. The highest BCUT2D eigenvalue weighted by Gasteiger charge is 2.00. The highest BCUT2D eigenvalue weighted by molar-refractivity contribution is 5.20. The van der Waals surface area contributed by atoms with Gasteiger partial charge >= 0.3 is 0 Å². The van der Waals surface area contributed by atoms with Crippen LogP contribution in [0, 0.1) is 0 Å². The molecule has 78 valence electrons. The smallest absolute Gasteiger partial charge is 0.233 e. The number of anilines is 1. The van der Waals surface area contributed by atoms with Crippen LogP contribution in [0.1, 0.15) is 5.69 Å². The molecule has 0 bridgehead atoms. The Labute approximate surface area is 85.9 Å². The molecule has 0 amide bonds. The first kappa shape index (κ1) is 9.38. The number of hydrogen-bond donors (Lipinski definition) is 1. The van der Waals surface area contributed by atoms with Crippen LogP contribution in [0.3, 0.4) is 0 Å². The normalized spacial score (nSPS) is 10.2. The van der Waals surface area contributed by atoms with E-state index in [0.29, 0.717) is 18.2 Å². The first-order valence-electron chi connectivity index (χ1n) is 4.30. The Bertz CT molecular complexity index is 437. The highest BCUT2D eigenvalue weighted by atomic mass is 16.5. The van der Waals surface area contributed by atoms with Crippen molar-refractivity contribution < 1.29 is 4.74 Å². The SMILES string of the molecule is COc1ccc(Cn2cc(N)nn2)nn1. The summed E-state index contributed by atoms with van der Waals surface area (Å²) >= 11 is 0. The number of methoxy groups -OCH3 is 1. The van der Waals surface area contributed by atoms with E-state index >= 15 is 0 Å². The third-order valence-corrected chi connectivity index (χ3v) is 1.78. The molecule has 2 N–H and O–H groups in total. The Morgan fingerprint density at radius 2 is 2.20 bits per heavy atom. The molecule has 0 aliphatic rings. The van der Waals surface area contributed by atoms with Crippen LogP contribution in [0.25, 0.3) is 0 Å². The third-order valence-electron chi connectivity index (χ3n) is 1.78. The van der Waals surface area contributed by atoms with E-state index in [1.807, 2.05) is 6.07 Å². The third kappa shape index (κ3) is 2.19. The van der Waals surface area contributed by atoms with Crippen molar-refractivity contribution in [1.82, 2.24) is 25.2 Å². The van der Waals surface area contributed by atoms with Gasteiger partial charge in [-0.25, -0.2) is 4.68 Å². The van der Waals surface area contributed by atoms with Crippen molar-refractivity contribution in [3.8, 4) is 5.88 Å². The van der Waals surface area contributed by atoms with Gasteiger partial charge in [-0.3, -0.25) is 0 Å². The summed E-state index contributed by atoms with van der Waals surface area (Å²) in [4.78, 5) is 0. The van der Waals surface area contributed by atoms with Gasteiger partial charge in [0.1, 0.15) is 0 Å². The molecule has 0 spiro atoms. The molecule has 0 fully saturated rings. The van der Waals surface area contributed by atoms with Crippen molar-refractivity contribution in [2.75, 3.05) is 12.8 Å². The summed E-state index contributed by atoms with van der Waals surface area (Å²) in [6, 6.07) is 3.55. The van der Waals surface area contributed by atoms with Gasteiger partial charge in [-0.15, -0.1) is 15.3 Å². The number of nitrogens with zero attached hydrogens (tertiary/aromatic N) is 5. The standard InChI is InChI=1S/C8H10N6O/c1-15-8-3-2-6(10-12-8)4-14-5-7(9)11-13-14/h2-3,5H,4,9H2,1H3. The van der Waals surface area contributed by atoms with Gasteiger partial charge < -0.3 is 10.5 Å². The van der Waals surface area contributed by atoms with E-state index in [-0.39, 0.29) is 0 Å². The number of ether oxygens (including phenoxy) is 1. The van der Waals surface area contributed by atoms with Crippen molar-refractivity contribution in [3.63, 3.8) is 0 Å². The molecule has 15 heavy (non-hydrogen) atoms. The highest BCUT2D eigenvalue weighted by Crippen LogP contribution is 2.05. The molecule has 2 heterocycles. The second-order valence-corrected chi connectivity index (χ2v) is 2.91. The van der Waals surface area contributed by atoms with E-state index in [4.69, 9.17) is 10.5 Å². The Balaban J connectivity index is 2.11. The predicted molar refractivity (Wildman–Crippen MR) is 52.1 cm³/mol. The van der Waals surface area contributed by atoms with Crippen LogP contribution in [0.4, 0.5) is 5.82 Å². The average Bonchev–Trinajstić information content (AvgIpc) is 2.65. The van der Waals surface area contributed by atoms with Gasteiger partial charge in [-0.05, 0) is 6.07 Å². The first-order chi connectivity index (χ1) is 7.28. The van der Waals surface area contributed by atoms with Gasteiger partial charge in [0.2, 0.25) is 5.88 Å². The van der Waals surface area contributed by atoms with Crippen molar-refractivity contribution in [3.05, 3.63) is 24.0 Å². The van der Waals surface area contributed by atoms with Gasteiger partial charge in [-0.1, -0.05) is 5.21 Å². The summed E-state index contributed by atoms with van der Waals surface area (Å²) < 4.78 is 6.48. The summed E-state index contributed by atoms with van der Waals surface area (Å²) in [7, 11) is 1.54. The van der Waals surface area contributed by atoms with Crippen LogP contribution in [0.5, 0.6) is 5.88 Å².